The maximum absolute atomic E-state index is 13.5. The molecule has 1 aromatic heterocycles. The van der Waals surface area contributed by atoms with Gasteiger partial charge in [0, 0.05) is 37.9 Å². The molecule has 6 nitrogen and oxygen atoms in total. The molecule has 0 atom stereocenters. The Bertz CT molecular complexity index is 947. The van der Waals surface area contributed by atoms with Crippen molar-refractivity contribution in [2.75, 3.05) is 49.6 Å². The summed E-state index contributed by atoms with van der Waals surface area (Å²) in [6, 6.07) is 11.9. The van der Waals surface area contributed by atoms with E-state index in [1.54, 1.807) is 7.11 Å². The van der Waals surface area contributed by atoms with Gasteiger partial charge in [-0.3, -0.25) is 9.69 Å². The summed E-state index contributed by atoms with van der Waals surface area (Å²) < 4.78 is 5.40. The highest BCUT2D eigenvalue weighted by molar-refractivity contribution is 6.01. The first-order valence-electron chi connectivity index (χ1n) is 10.5. The molecule has 0 unspecified atom stereocenters. The minimum Gasteiger partial charge on any atom is -0.497 e. The predicted octanol–water partition coefficient (Wildman–Crippen LogP) is 3.44. The van der Waals surface area contributed by atoms with Gasteiger partial charge >= 0.3 is 0 Å². The van der Waals surface area contributed by atoms with Crippen molar-refractivity contribution < 1.29 is 9.53 Å². The molecular formula is C24H30N4O2. The number of hydrogen-bond acceptors (Lipinski definition) is 5. The van der Waals surface area contributed by atoms with Crippen LogP contribution in [0.4, 0.5) is 11.5 Å². The third-order valence-electron chi connectivity index (χ3n) is 5.97. The lowest BCUT2D eigenvalue weighted by molar-refractivity contribution is -0.120. The van der Waals surface area contributed by atoms with Gasteiger partial charge in [0.15, 0.2) is 0 Å². The van der Waals surface area contributed by atoms with Crippen LogP contribution in [0.1, 0.15) is 26.3 Å². The number of amides is 1. The van der Waals surface area contributed by atoms with Gasteiger partial charge in [0.25, 0.3) is 0 Å². The highest BCUT2D eigenvalue weighted by Crippen LogP contribution is 2.40. The van der Waals surface area contributed by atoms with Gasteiger partial charge in [0.1, 0.15) is 11.6 Å². The number of pyridine rings is 1. The molecule has 1 saturated heterocycles. The van der Waals surface area contributed by atoms with Crippen LogP contribution >= 0.6 is 0 Å². The number of hydrogen-bond donors (Lipinski definition) is 0. The Morgan fingerprint density at radius 3 is 2.57 bits per heavy atom. The fraction of sp³-hybridized carbons (Fsp3) is 0.417. The SMILES string of the molecule is COc1ccc2c(c1)C(C)=CC(C)(C)N2C(=O)CN1CCN(c2ccccn2)CC1. The molecule has 1 amide bonds. The van der Waals surface area contributed by atoms with Crippen molar-refractivity contribution in [1.82, 2.24) is 9.88 Å². The molecule has 0 spiro atoms. The van der Waals surface area contributed by atoms with Crippen molar-refractivity contribution in [2.45, 2.75) is 26.3 Å². The number of piperazine rings is 1. The average molecular weight is 407 g/mol. The van der Waals surface area contributed by atoms with Crippen LogP contribution in [0.25, 0.3) is 5.57 Å². The molecule has 3 heterocycles. The second-order valence-electron chi connectivity index (χ2n) is 8.54. The lowest BCUT2D eigenvalue weighted by atomic mass is 9.88. The summed E-state index contributed by atoms with van der Waals surface area (Å²) in [5.41, 5.74) is 2.81. The van der Waals surface area contributed by atoms with Crippen molar-refractivity contribution in [2.24, 2.45) is 0 Å². The van der Waals surface area contributed by atoms with E-state index in [0.29, 0.717) is 6.54 Å². The van der Waals surface area contributed by atoms with Gasteiger partial charge in [-0.15, -0.1) is 0 Å². The Balaban J connectivity index is 1.48. The van der Waals surface area contributed by atoms with Crippen molar-refractivity contribution >= 4 is 23.0 Å². The lowest BCUT2D eigenvalue weighted by Crippen LogP contribution is -2.55. The van der Waals surface area contributed by atoms with E-state index in [9.17, 15) is 4.79 Å². The van der Waals surface area contributed by atoms with Gasteiger partial charge in [0.2, 0.25) is 5.91 Å². The first kappa shape index (κ1) is 20.4. The fourth-order valence-electron chi connectivity index (χ4n) is 4.53. The molecule has 2 aliphatic heterocycles. The molecule has 0 bridgehead atoms. The molecule has 0 saturated carbocycles. The van der Waals surface area contributed by atoms with E-state index in [1.165, 1.54) is 5.57 Å². The molecule has 1 fully saturated rings. The number of methoxy groups -OCH3 is 1. The highest BCUT2D eigenvalue weighted by Gasteiger charge is 2.36. The first-order chi connectivity index (χ1) is 14.4. The van der Waals surface area contributed by atoms with Crippen molar-refractivity contribution in [3.8, 4) is 5.75 Å². The summed E-state index contributed by atoms with van der Waals surface area (Å²) in [6.07, 6.45) is 4.00. The summed E-state index contributed by atoms with van der Waals surface area (Å²) in [5, 5.41) is 0. The van der Waals surface area contributed by atoms with Gasteiger partial charge in [-0.25, -0.2) is 4.98 Å². The maximum Gasteiger partial charge on any atom is 0.241 e. The Labute approximate surface area is 178 Å². The predicted molar refractivity (Wildman–Crippen MR) is 121 cm³/mol. The minimum atomic E-state index is -0.376. The van der Waals surface area contributed by atoms with E-state index in [1.807, 2.05) is 47.5 Å². The van der Waals surface area contributed by atoms with E-state index >= 15 is 0 Å². The largest absolute Gasteiger partial charge is 0.497 e. The zero-order valence-electron chi connectivity index (χ0n) is 18.3. The molecule has 2 aliphatic rings. The van der Waals surface area contributed by atoms with Crippen LogP contribution in [0, 0.1) is 0 Å². The number of ether oxygens (including phenoxy) is 1. The number of nitrogens with zero attached hydrogens (tertiary/aromatic N) is 4. The second kappa shape index (κ2) is 8.11. The number of anilines is 2. The van der Waals surface area contributed by atoms with E-state index in [2.05, 4.69) is 41.6 Å². The summed E-state index contributed by atoms with van der Waals surface area (Å²) in [4.78, 5) is 24.4. The van der Waals surface area contributed by atoms with Gasteiger partial charge in [-0.05, 0) is 56.7 Å². The fourth-order valence-corrected chi connectivity index (χ4v) is 4.53. The average Bonchev–Trinajstić information content (AvgIpc) is 2.74. The molecule has 1 aromatic carbocycles. The van der Waals surface area contributed by atoms with E-state index < -0.39 is 0 Å². The molecule has 158 valence electrons. The van der Waals surface area contributed by atoms with Crippen molar-refractivity contribution in [1.29, 1.82) is 0 Å². The normalized spacial score (nSPS) is 18.6. The summed E-state index contributed by atoms with van der Waals surface area (Å²) in [7, 11) is 1.67. The van der Waals surface area contributed by atoms with Crippen LogP contribution in [0.5, 0.6) is 5.75 Å². The van der Waals surface area contributed by atoms with Gasteiger partial charge in [-0.2, -0.15) is 0 Å². The Morgan fingerprint density at radius 1 is 1.13 bits per heavy atom. The lowest BCUT2D eigenvalue weighted by Gasteiger charge is -2.43. The zero-order chi connectivity index (χ0) is 21.3. The van der Waals surface area contributed by atoms with E-state index in [0.717, 1.165) is 49.0 Å². The van der Waals surface area contributed by atoms with Crippen LogP contribution in [0.3, 0.4) is 0 Å². The number of benzene rings is 1. The molecule has 4 rings (SSSR count). The van der Waals surface area contributed by atoms with Crippen LogP contribution in [-0.2, 0) is 4.79 Å². The molecule has 0 aliphatic carbocycles. The molecular weight excluding hydrogens is 376 g/mol. The third kappa shape index (κ3) is 3.92. The Kier molecular flexibility index (Phi) is 5.52. The van der Waals surface area contributed by atoms with Crippen LogP contribution in [0.2, 0.25) is 0 Å². The number of fused-ring (bicyclic) bond motifs is 1. The van der Waals surface area contributed by atoms with Gasteiger partial charge < -0.3 is 14.5 Å². The maximum atomic E-state index is 13.5. The van der Waals surface area contributed by atoms with Gasteiger partial charge in [0.05, 0.1) is 24.9 Å². The highest BCUT2D eigenvalue weighted by atomic mass is 16.5. The van der Waals surface area contributed by atoms with Crippen molar-refractivity contribution in [3.63, 3.8) is 0 Å². The number of rotatable bonds is 4. The van der Waals surface area contributed by atoms with Gasteiger partial charge in [-0.1, -0.05) is 12.1 Å². The monoisotopic (exact) mass is 406 g/mol. The zero-order valence-corrected chi connectivity index (χ0v) is 18.3. The van der Waals surface area contributed by atoms with Crippen LogP contribution in [0.15, 0.2) is 48.7 Å². The van der Waals surface area contributed by atoms with Crippen LogP contribution in [-0.4, -0.2) is 61.2 Å². The smallest absolute Gasteiger partial charge is 0.241 e. The standard InChI is InChI=1S/C24H30N4O2/c1-18-16-24(2,3)28(21-9-8-19(30-4)15-20(18)21)23(29)17-26-11-13-27(14-12-26)22-7-5-6-10-25-22/h5-10,15-16H,11-14,17H2,1-4H3. The summed E-state index contributed by atoms with van der Waals surface area (Å²) in [6.45, 7) is 10.2. The third-order valence-corrected chi connectivity index (χ3v) is 5.97. The number of carbonyl (C=O) groups excluding carboxylic acids is 1. The molecule has 0 radical (unpaired) electrons. The molecule has 6 heteroatoms. The van der Waals surface area contributed by atoms with E-state index in [-0.39, 0.29) is 11.4 Å². The Morgan fingerprint density at radius 2 is 1.90 bits per heavy atom. The van der Waals surface area contributed by atoms with Crippen molar-refractivity contribution in [3.05, 3.63) is 54.2 Å². The van der Waals surface area contributed by atoms with E-state index in [4.69, 9.17) is 4.74 Å². The minimum absolute atomic E-state index is 0.126. The first-order valence-corrected chi connectivity index (χ1v) is 10.5. The second-order valence-corrected chi connectivity index (χ2v) is 8.54. The number of aromatic nitrogens is 1. The number of carbonyl (C=O) groups is 1. The topological polar surface area (TPSA) is 48.9 Å². The Hall–Kier alpha value is -2.86. The summed E-state index contributed by atoms with van der Waals surface area (Å²) >= 11 is 0. The number of allylic oxidation sites excluding steroid dienone is 1. The summed E-state index contributed by atoms with van der Waals surface area (Å²) in [5.74, 6) is 1.94. The molecule has 30 heavy (non-hydrogen) atoms. The van der Waals surface area contributed by atoms with Crippen LogP contribution < -0.4 is 14.5 Å². The molecule has 2 aromatic rings. The molecule has 0 N–H and O–H groups in total. The quantitative estimate of drug-likeness (QED) is 0.779.